The van der Waals surface area contributed by atoms with Crippen LogP contribution in [0.15, 0.2) is 64.8 Å². The molecule has 0 bridgehead atoms. The zero-order valence-electron chi connectivity index (χ0n) is 20.6. The van der Waals surface area contributed by atoms with Crippen LogP contribution < -0.4 is 24.4 Å². The fourth-order valence-corrected chi connectivity index (χ4v) is 7.05. The lowest BCUT2D eigenvalue weighted by Gasteiger charge is -2.26. The molecule has 0 unspecified atom stereocenters. The number of hydrogen-bond acceptors (Lipinski definition) is 7. The molecule has 0 amide bonds. The van der Waals surface area contributed by atoms with E-state index in [1.54, 1.807) is 51.7 Å². The monoisotopic (exact) mass is 712 g/mol. The summed E-state index contributed by atoms with van der Waals surface area (Å²) in [6.45, 7) is 5.31. The van der Waals surface area contributed by atoms with E-state index < -0.39 is 12.0 Å². The van der Waals surface area contributed by atoms with Crippen LogP contribution in [-0.2, 0) is 9.53 Å². The van der Waals surface area contributed by atoms with Gasteiger partial charge in [0, 0.05) is 10.0 Å². The van der Waals surface area contributed by atoms with E-state index >= 15 is 0 Å². The summed E-state index contributed by atoms with van der Waals surface area (Å²) in [5, 5.41) is 0. The van der Waals surface area contributed by atoms with E-state index in [1.165, 1.54) is 11.3 Å². The number of nitrogens with zero attached hydrogens (tertiary/aromatic N) is 2. The van der Waals surface area contributed by atoms with Gasteiger partial charge in [-0.2, -0.15) is 0 Å². The van der Waals surface area contributed by atoms with Crippen molar-refractivity contribution in [3.05, 3.63) is 85.8 Å². The van der Waals surface area contributed by atoms with Gasteiger partial charge in [0.2, 0.25) is 0 Å². The van der Waals surface area contributed by atoms with Gasteiger partial charge in [0.25, 0.3) is 5.56 Å². The molecule has 37 heavy (non-hydrogen) atoms. The predicted molar refractivity (Wildman–Crippen MR) is 154 cm³/mol. The highest BCUT2D eigenvalue weighted by Gasteiger charge is 2.35. The Morgan fingerprint density at radius 1 is 1.11 bits per heavy atom. The van der Waals surface area contributed by atoms with Gasteiger partial charge in [0.05, 0.1) is 45.1 Å². The Morgan fingerprint density at radius 3 is 2.38 bits per heavy atom. The van der Waals surface area contributed by atoms with Gasteiger partial charge in [-0.25, -0.2) is 9.79 Å². The minimum Gasteiger partial charge on any atom is -0.496 e. The molecular formula is C26H23Br3N2O5S. The van der Waals surface area contributed by atoms with Crippen molar-refractivity contribution in [2.75, 3.05) is 14.2 Å². The van der Waals surface area contributed by atoms with Crippen molar-refractivity contribution < 1.29 is 19.0 Å². The number of ether oxygens (including phenoxy) is 3. The Morgan fingerprint density at radius 2 is 1.78 bits per heavy atom. The smallest absolute Gasteiger partial charge is 0.338 e. The molecule has 0 saturated carbocycles. The maximum absolute atomic E-state index is 13.9. The molecule has 3 aromatic rings. The standard InChI is InChI=1S/C26H23Br3N2O5S/c1-12(2)36-25(33)21-13(3)30-26-31(22(21)16-11-15(27)6-7-19(16)34-4)24(32)20(37-26)10-14-8-17(28)23(35-5)18(29)9-14/h6-12,22H,1-5H3/b20-10-/t22-/m1/s1. The lowest BCUT2D eigenvalue weighted by atomic mass is 9.95. The summed E-state index contributed by atoms with van der Waals surface area (Å²) in [5.41, 5.74) is 1.93. The molecule has 0 saturated heterocycles. The first-order chi connectivity index (χ1) is 17.5. The SMILES string of the molecule is COc1ccc(Br)cc1[C@@H]1C(C(=O)OC(C)C)=C(C)N=c2s/c(=C\c3cc(Br)c(OC)c(Br)c3)c(=O)n21. The topological polar surface area (TPSA) is 79.1 Å². The lowest BCUT2D eigenvalue weighted by molar-refractivity contribution is -0.143. The summed E-state index contributed by atoms with van der Waals surface area (Å²) in [4.78, 5) is 32.3. The fourth-order valence-electron chi connectivity index (χ4n) is 4.08. The quantitative estimate of drug-likeness (QED) is 0.316. The highest BCUT2D eigenvalue weighted by Crippen LogP contribution is 2.38. The van der Waals surface area contributed by atoms with Crippen molar-refractivity contribution in [3.63, 3.8) is 0 Å². The number of hydrogen-bond donors (Lipinski definition) is 0. The molecule has 0 spiro atoms. The van der Waals surface area contributed by atoms with E-state index in [0.29, 0.717) is 37.7 Å². The Bertz CT molecular complexity index is 1580. The van der Waals surface area contributed by atoms with Crippen LogP contribution in [0.2, 0.25) is 0 Å². The minimum atomic E-state index is -0.786. The Labute approximate surface area is 242 Å². The van der Waals surface area contributed by atoms with Gasteiger partial charge in [-0.3, -0.25) is 9.36 Å². The molecular weight excluding hydrogens is 692 g/mol. The third kappa shape index (κ3) is 5.50. The number of aromatic nitrogens is 1. The second-order valence-electron chi connectivity index (χ2n) is 8.44. The van der Waals surface area contributed by atoms with Gasteiger partial charge in [0.15, 0.2) is 4.80 Å². The van der Waals surface area contributed by atoms with Gasteiger partial charge in [-0.1, -0.05) is 27.3 Å². The number of allylic oxidation sites excluding steroid dienone is 1. The number of methoxy groups -OCH3 is 2. The Kier molecular flexibility index (Phi) is 8.47. The first kappa shape index (κ1) is 27.8. The largest absolute Gasteiger partial charge is 0.496 e. The number of carbonyl (C=O) groups is 1. The van der Waals surface area contributed by atoms with Crippen LogP contribution in [0.25, 0.3) is 6.08 Å². The molecule has 1 aromatic heterocycles. The number of halogens is 3. The van der Waals surface area contributed by atoms with Gasteiger partial charge < -0.3 is 14.2 Å². The van der Waals surface area contributed by atoms with Gasteiger partial charge in [-0.15, -0.1) is 0 Å². The average molecular weight is 715 g/mol. The van der Waals surface area contributed by atoms with Crippen molar-refractivity contribution >= 4 is 71.2 Å². The molecule has 0 aliphatic carbocycles. The Hall–Kier alpha value is -2.21. The molecule has 7 nitrogen and oxygen atoms in total. The lowest BCUT2D eigenvalue weighted by Crippen LogP contribution is -2.40. The van der Waals surface area contributed by atoms with E-state index in [2.05, 4.69) is 52.8 Å². The predicted octanol–water partition coefficient (Wildman–Crippen LogP) is 5.49. The van der Waals surface area contributed by atoms with E-state index in [4.69, 9.17) is 14.2 Å². The van der Waals surface area contributed by atoms with Gasteiger partial charge in [-0.05, 0) is 94.6 Å². The molecule has 1 aliphatic heterocycles. The highest BCUT2D eigenvalue weighted by atomic mass is 79.9. The number of esters is 1. The summed E-state index contributed by atoms with van der Waals surface area (Å²) in [6, 6.07) is 8.43. The first-order valence-corrected chi connectivity index (χ1v) is 14.3. The fraction of sp³-hybridized carbons (Fsp3) is 0.269. The van der Waals surface area contributed by atoms with E-state index in [0.717, 1.165) is 19.0 Å². The summed E-state index contributed by atoms with van der Waals surface area (Å²) in [6.07, 6.45) is 1.45. The van der Waals surface area contributed by atoms with E-state index in [9.17, 15) is 9.59 Å². The maximum atomic E-state index is 13.9. The van der Waals surface area contributed by atoms with Crippen molar-refractivity contribution in [3.8, 4) is 11.5 Å². The molecule has 2 aromatic carbocycles. The van der Waals surface area contributed by atoms with E-state index in [-0.39, 0.29) is 11.7 Å². The van der Waals surface area contributed by atoms with Crippen molar-refractivity contribution in [2.24, 2.45) is 4.99 Å². The van der Waals surface area contributed by atoms with E-state index in [1.807, 2.05) is 24.3 Å². The third-order valence-corrected chi connectivity index (χ3v) is 8.25. The molecule has 2 heterocycles. The molecule has 194 valence electrons. The molecule has 0 fully saturated rings. The maximum Gasteiger partial charge on any atom is 0.338 e. The molecule has 1 aliphatic rings. The van der Waals surface area contributed by atoms with Crippen LogP contribution in [0.5, 0.6) is 11.5 Å². The molecule has 1 atom stereocenters. The highest BCUT2D eigenvalue weighted by molar-refractivity contribution is 9.11. The van der Waals surface area contributed by atoms with Crippen molar-refractivity contribution in [2.45, 2.75) is 32.9 Å². The summed E-state index contributed by atoms with van der Waals surface area (Å²) >= 11 is 11.8. The summed E-state index contributed by atoms with van der Waals surface area (Å²) in [5.74, 6) is 0.667. The van der Waals surface area contributed by atoms with Crippen molar-refractivity contribution in [1.82, 2.24) is 4.57 Å². The molecule has 11 heteroatoms. The van der Waals surface area contributed by atoms with Crippen LogP contribution in [0.3, 0.4) is 0 Å². The van der Waals surface area contributed by atoms with Gasteiger partial charge >= 0.3 is 5.97 Å². The van der Waals surface area contributed by atoms with Gasteiger partial charge in [0.1, 0.15) is 17.5 Å². The normalized spacial score (nSPS) is 15.5. The Balaban J connectivity index is 1.99. The number of carbonyl (C=O) groups excluding carboxylic acids is 1. The summed E-state index contributed by atoms with van der Waals surface area (Å²) in [7, 11) is 3.14. The van der Waals surface area contributed by atoms with Crippen LogP contribution in [0.4, 0.5) is 0 Å². The molecule has 0 radical (unpaired) electrons. The van der Waals surface area contributed by atoms with Crippen molar-refractivity contribution in [1.29, 1.82) is 0 Å². The zero-order valence-corrected chi connectivity index (χ0v) is 26.2. The summed E-state index contributed by atoms with van der Waals surface area (Å²) < 4.78 is 20.9. The van der Waals surface area contributed by atoms with Crippen LogP contribution in [-0.4, -0.2) is 30.9 Å². The minimum absolute atomic E-state index is 0.277. The third-order valence-electron chi connectivity index (χ3n) is 5.59. The number of thiazole rings is 1. The number of benzene rings is 2. The van der Waals surface area contributed by atoms with Crippen LogP contribution >= 0.6 is 59.1 Å². The number of fused-ring (bicyclic) bond motifs is 1. The average Bonchev–Trinajstić information content (AvgIpc) is 3.11. The second-order valence-corrected chi connectivity index (χ2v) is 12.1. The first-order valence-electron chi connectivity index (χ1n) is 11.2. The molecule has 4 rings (SSSR count). The number of rotatable bonds is 6. The van der Waals surface area contributed by atoms with Crippen LogP contribution in [0, 0.1) is 0 Å². The molecule has 0 N–H and O–H groups in total. The zero-order chi connectivity index (χ0) is 27.0. The second kappa shape index (κ2) is 11.3. The van der Waals surface area contributed by atoms with Crippen LogP contribution in [0.1, 0.15) is 37.9 Å².